The zero-order valence-corrected chi connectivity index (χ0v) is 14.7. The topological polar surface area (TPSA) is 75.7 Å². The summed E-state index contributed by atoms with van der Waals surface area (Å²) in [6.45, 7) is 0.954. The Bertz CT molecular complexity index is 549. The minimum Gasteiger partial charge on any atom is -0.545 e. The summed E-state index contributed by atoms with van der Waals surface area (Å²) in [5, 5.41) is 11.0. The zero-order valence-electron chi connectivity index (χ0n) is 14.7. The minimum atomic E-state index is -1.23. The highest BCUT2D eigenvalue weighted by atomic mass is 16.5. The third-order valence-electron chi connectivity index (χ3n) is 4.59. The molecule has 0 aliphatic heterocycles. The summed E-state index contributed by atoms with van der Waals surface area (Å²) < 4.78 is 10.9. The summed E-state index contributed by atoms with van der Waals surface area (Å²) in [4.78, 5) is 22.8. The molecule has 1 aromatic rings. The standard InChI is InChI=1S/C20H28O5/c21-19(22)17-12-6-7-13-18(17)24-14-8-1-2-9-15-25-20(23)16-10-4-3-5-11-16/h6-7,12-13,16H,1-5,8-11,14-15H2,(H,21,22)/p-1. The van der Waals surface area contributed by atoms with Gasteiger partial charge >= 0.3 is 5.97 Å². The molecule has 0 spiro atoms. The molecule has 0 heterocycles. The Kier molecular flexibility index (Phi) is 8.29. The molecule has 0 unspecified atom stereocenters. The van der Waals surface area contributed by atoms with Crippen molar-refractivity contribution in [1.29, 1.82) is 0 Å². The molecule has 1 aromatic carbocycles. The molecule has 1 aliphatic rings. The van der Waals surface area contributed by atoms with E-state index in [2.05, 4.69) is 0 Å². The van der Waals surface area contributed by atoms with Crippen LogP contribution in [0.25, 0.3) is 0 Å². The highest BCUT2D eigenvalue weighted by molar-refractivity contribution is 5.89. The number of para-hydroxylation sites is 1. The van der Waals surface area contributed by atoms with E-state index in [1.165, 1.54) is 12.5 Å². The third kappa shape index (κ3) is 6.77. The van der Waals surface area contributed by atoms with Crippen LogP contribution in [0, 0.1) is 5.92 Å². The van der Waals surface area contributed by atoms with Gasteiger partial charge < -0.3 is 19.4 Å². The Hall–Kier alpha value is -2.04. The number of hydrogen-bond donors (Lipinski definition) is 0. The SMILES string of the molecule is O=C([O-])c1ccccc1OCCCCCCOC(=O)C1CCCCC1. The van der Waals surface area contributed by atoms with Crippen molar-refractivity contribution in [3.8, 4) is 5.75 Å². The predicted molar refractivity (Wildman–Crippen MR) is 92.3 cm³/mol. The average molecular weight is 347 g/mol. The summed E-state index contributed by atoms with van der Waals surface area (Å²) in [5.74, 6) is -0.785. The number of hydrogen-bond acceptors (Lipinski definition) is 5. The highest BCUT2D eigenvalue weighted by Crippen LogP contribution is 2.24. The van der Waals surface area contributed by atoms with Crippen LogP contribution >= 0.6 is 0 Å². The van der Waals surface area contributed by atoms with Gasteiger partial charge in [0, 0.05) is 5.56 Å². The lowest BCUT2D eigenvalue weighted by Crippen LogP contribution is -2.23. The van der Waals surface area contributed by atoms with Crippen LogP contribution in [0.5, 0.6) is 5.75 Å². The van der Waals surface area contributed by atoms with Crippen molar-refractivity contribution < 1.29 is 24.2 Å². The second kappa shape index (κ2) is 10.7. The molecule has 1 aliphatic carbocycles. The fourth-order valence-electron chi connectivity index (χ4n) is 3.13. The van der Waals surface area contributed by atoms with Crippen molar-refractivity contribution in [2.75, 3.05) is 13.2 Å². The summed E-state index contributed by atoms with van der Waals surface area (Å²) >= 11 is 0. The van der Waals surface area contributed by atoms with Crippen LogP contribution in [0.2, 0.25) is 0 Å². The van der Waals surface area contributed by atoms with Gasteiger partial charge in [-0.25, -0.2) is 0 Å². The van der Waals surface area contributed by atoms with E-state index in [4.69, 9.17) is 9.47 Å². The Balaban J connectivity index is 1.51. The van der Waals surface area contributed by atoms with E-state index in [0.717, 1.165) is 51.4 Å². The van der Waals surface area contributed by atoms with Crippen molar-refractivity contribution in [2.45, 2.75) is 57.8 Å². The van der Waals surface area contributed by atoms with Gasteiger partial charge in [0.15, 0.2) is 0 Å². The quantitative estimate of drug-likeness (QED) is 0.480. The van der Waals surface area contributed by atoms with Gasteiger partial charge in [0.2, 0.25) is 0 Å². The number of unbranched alkanes of at least 4 members (excludes halogenated alkanes) is 3. The summed E-state index contributed by atoms with van der Waals surface area (Å²) in [7, 11) is 0. The van der Waals surface area contributed by atoms with E-state index in [0.29, 0.717) is 19.0 Å². The first kappa shape index (κ1) is 19.3. The second-order valence-electron chi connectivity index (χ2n) is 6.55. The van der Waals surface area contributed by atoms with E-state index in [1.807, 2.05) is 0 Å². The number of esters is 1. The fraction of sp³-hybridized carbons (Fsp3) is 0.600. The largest absolute Gasteiger partial charge is 0.545 e. The van der Waals surface area contributed by atoms with E-state index < -0.39 is 5.97 Å². The molecule has 0 amide bonds. The molecule has 25 heavy (non-hydrogen) atoms. The molecular weight excluding hydrogens is 320 g/mol. The monoisotopic (exact) mass is 347 g/mol. The maximum absolute atomic E-state index is 11.9. The van der Waals surface area contributed by atoms with Crippen molar-refractivity contribution in [3.05, 3.63) is 29.8 Å². The van der Waals surface area contributed by atoms with Gasteiger partial charge in [0.05, 0.1) is 25.1 Å². The Morgan fingerprint density at radius 2 is 1.64 bits per heavy atom. The fourth-order valence-corrected chi connectivity index (χ4v) is 3.13. The van der Waals surface area contributed by atoms with Crippen LogP contribution in [0.4, 0.5) is 0 Å². The molecular formula is C20H27O5-. The highest BCUT2D eigenvalue weighted by Gasteiger charge is 2.21. The molecule has 138 valence electrons. The van der Waals surface area contributed by atoms with Gasteiger partial charge in [-0.2, -0.15) is 0 Å². The number of carbonyl (C=O) groups excluding carboxylic acids is 2. The van der Waals surface area contributed by atoms with E-state index in [1.54, 1.807) is 18.2 Å². The van der Waals surface area contributed by atoms with Gasteiger partial charge in [-0.15, -0.1) is 0 Å². The molecule has 1 saturated carbocycles. The van der Waals surface area contributed by atoms with Crippen LogP contribution < -0.4 is 9.84 Å². The zero-order chi connectivity index (χ0) is 17.9. The number of carboxylic acid groups (broad SMARTS) is 1. The van der Waals surface area contributed by atoms with Gasteiger partial charge in [-0.05, 0) is 50.7 Å². The van der Waals surface area contributed by atoms with E-state index in [-0.39, 0.29) is 17.5 Å². The lowest BCUT2D eigenvalue weighted by molar-refractivity contribution is -0.255. The van der Waals surface area contributed by atoms with Crippen LogP contribution in [0.3, 0.4) is 0 Å². The first-order valence-electron chi connectivity index (χ1n) is 9.28. The molecule has 0 aromatic heterocycles. The number of benzene rings is 1. The molecule has 0 atom stereocenters. The number of ether oxygens (including phenoxy) is 2. The van der Waals surface area contributed by atoms with Gasteiger partial charge in [0.25, 0.3) is 0 Å². The van der Waals surface area contributed by atoms with Gasteiger partial charge in [-0.1, -0.05) is 31.4 Å². The molecule has 0 bridgehead atoms. The molecule has 5 nitrogen and oxygen atoms in total. The summed E-state index contributed by atoms with van der Waals surface area (Å²) in [5.41, 5.74) is 0.0807. The van der Waals surface area contributed by atoms with E-state index in [9.17, 15) is 14.7 Å². The first-order valence-corrected chi connectivity index (χ1v) is 9.28. The maximum atomic E-state index is 11.9. The van der Waals surface area contributed by atoms with Crippen LogP contribution in [0.15, 0.2) is 24.3 Å². The predicted octanol–water partition coefficient (Wildman–Crippen LogP) is 3.11. The normalized spacial score (nSPS) is 14.9. The van der Waals surface area contributed by atoms with E-state index >= 15 is 0 Å². The Morgan fingerprint density at radius 3 is 2.36 bits per heavy atom. The molecule has 0 radical (unpaired) electrons. The van der Waals surface area contributed by atoms with Gasteiger partial charge in [0.1, 0.15) is 5.75 Å². The van der Waals surface area contributed by atoms with Crippen LogP contribution in [0.1, 0.15) is 68.1 Å². The van der Waals surface area contributed by atoms with Crippen molar-refractivity contribution in [1.82, 2.24) is 0 Å². The molecule has 1 fully saturated rings. The Labute approximate surface area is 149 Å². The van der Waals surface area contributed by atoms with Gasteiger partial charge in [-0.3, -0.25) is 4.79 Å². The lowest BCUT2D eigenvalue weighted by atomic mass is 9.89. The summed E-state index contributed by atoms with van der Waals surface area (Å²) in [6.07, 6.45) is 9.07. The Morgan fingerprint density at radius 1 is 0.960 bits per heavy atom. The van der Waals surface area contributed by atoms with Crippen molar-refractivity contribution >= 4 is 11.9 Å². The number of aromatic carboxylic acids is 1. The first-order chi connectivity index (χ1) is 12.2. The molecule has 5 heteroatoms. The maximum Gasteiger partial charge on any atom is 0.308 e. The number of carboxylic acids is 1. The third-order valence-corrected chi connectivity index (χ3v) is 4.59. The number of rotatable bonds is 10. The molecule has 0 N–H and O–H groups in total. The van der Waals surface area contributed by atoms with Crippen molar-refractivity contribution in [3.63, 3.8) is 0 Å². The molecule has 0 saturated heterocycles. The number of carbonyl (C=O) groups is 2. The van der Waals surface area contributed by atoms with Crippen LogP contribution in [-0.2, 0) is 9.53 Å². The summed E-state index contributed by atoms with van der Waals surface area (Å²) in [6, 6.07) is 6.50. The lowest BCUT2D eigenvalue weighted by Gasteiger charge is -2.19. The minimum absolute atomic E-state index is 0.0260. The average Bonchev–Trinajstić information content (AvgIpc) is 2.64. The molecule has 2 rings (SSSR count). The van der Waals surface area contributed by atoms with Crippen LogP contribution in [-0.4, -0.2) is 25.2 Å². The second-order valence-corrected chi connectivity index (χ2v) is 6.55. The smallest absolute Gasteiger partial charge is 0.308 e. The van der Waals surface area contributed by atoms with Crippen molar-refractivity contribution in [2.24, 2.45) is 5.92 Å².